The fourth-order valence-corrected chi connectivity index (χ4v) is 3.25. The van der Waals surface area contributed by atoms with Crippen LogP contribution >= 0.6 is 0 Å². The summed E-state index contributed by atoms with van der Waals surface area (Å²) in [6, 6.07) is 5.53. The Morgan fingerprint density at radius 2 is 2.00 bits per heavy atom. The molecule has 1 aromatic carbocycles. The van der Waals surface area contributed by atoms with Crippen LogP contribution in [0.5, 0.6) is 0 Å². The Kier molecular flexibility index (Phi) is 5.19. The van der Waals surface area contributed by atoms with Crippen molar-refractivity contribution < 1.29 is 19.1 Å². The fourth-order valence-electron chi connectivity index (χ4n) is 3.25. The van der Waals surface area contributed by atoms with Crippen LogP contribution in [0.4, 0.5) is 0 Å². The van der Waals surface area contributed by atoms with E-state index in [9.17, 15) is 9.59 Å². The highest BCUT2D eigenvalue weighted by Gasteiger charge is 2.41. The lowest BCUT2D eigenvalue weighted by atomic mass is 9.68. The highest BCUT2D eigenvalue weighted by Crippen LogP contribution is 2.40. The number of fused-ring (bicyclic) bond motifs is 1. The monoisotopic (exact) mass is 305 g/mol. The Bertz CT molecular complexity index is 570. The molecule has 0 saturated carbocycles. The van der Waals surface area contributed by atoms with Gasteiger partial charge in [0.25, 0.3) is 0 Å². The normalized spacial score (nSPS) is 20.1. The van der Waals surface area contributed by atoms with Crippen molar-refractivity contribution in [3.05, 3.63) is 34.9 Å². The SMILES string of the molecule is COC(=O)c1ccc2c(c1)CCC(CCCN)(C(=O)OC)C2. The lowest BCUT2D eigenvalue weighted by Gasteiger charge is -2.36. The minimum Gasteiger partial charge on any atom is -0.469 e. The summed E-state index contributed by atoms with van der Waals surface area (Å²) in [6.07, 6.45) is 3.63. The third kappa shape index (κ3) is 3.14. The summed E-state index contributed by atoms with van der Waals surface area (Å²) in [5.41, 5.74) is 7.87. The van der Waals surface area contributed by atoms with E-state index in [0.717, 1.165) is 36.8 Å². The topological polar surface area (TPSA) is 78.6 Å². The molecule has 120 valence electrons. The number of hydrogen-bond donors (Lipinski definition) is 1. The van der Waals surface area contributed by atoms with E-state index >= 15 is 0 Å². The van der Waals surface area contributed by atoms with Crippen LogP contribution in [0.1, 0.15) is 40.7 Å². The number of aryl methyl sites for hydroxylation is 1. The van der Waals surface area contributed by atoms with Crippen LogP contribution in [0.2, 0.25) is 0 Å². The van der Waals surface area contributed by atoms with Gasteiger partial charge in [-0.2, -0.15) is 0 Å². The lowest BCUT2D eigenvalue weighted by molar-refractivity contribution is -0.154. The van der Waals surface area contributed by atoms with Crippen LogP contribution in [0.15, 0.2) is 18.2 Å². The Balaban J connectivity index is 2.28. The predicted molar refractivity (Wildman–Crippen MR) is 82.5 cm³/mol. The summed E-state index contributed by atoms with van der Waals surface area (Å²) in [5.74, 6) is -0.501. The minimum absolute atomic E-state index is 0.163. The maximum Gasteiger partial charge on any atom is 0.337 e. The molecule has 2 N–H and O–H groups in total. The first-order valence-electron chi connectivity index (χ1n) is 7.55. The van der Waals surface area contributed by atoms with Crippen molar-refractivity contribution in [2.75, 3.05) is 20.8 Å². The molecule has 1 atom stereocenters. The standard InChI is InChI=1S/C17H23NO4/c1-21-15(19)13-4-5-14-11-17(7-3-9-18,16(20)22-2)8-6-12(14)10-13/h4-5,10H,3,6-9,11,18H2,1-2H3. The summed E-state index contributed by atoms with van der Waals surface area (Å²) < 4.78 is 9.78. The van der Waals surface area contributed by atoms with Crippen LogP contribution in [0.25, 0.3) is 0 Å². The first-order valence-corrected chi connectivity index (χ1v) is 7.55. The third-order valence-corrected chi connectivity index (χ3v) is 4.51. The molecular formula is C17H23NO4. The average Bonchev–Trinajstić information content (AvgIpc) is 2.57. The second-order valence-electron chi connectivity index (χ2n) is 5.82. The maximum atomic E-state index is 12.3. The Morgan fingerprint density at radius 1 is 1.23 bits per heavy atom. The van der Waals surface area contributed by atoms with Gasteiger partial charge in [-0.25, -0.2) is 4.79 Å². The molecule has 0 aliphatic heterocycles. The first-order chi connectivity index (χ1) is 10.6. The molecule has 1 aromatic rings. The highest BCUT2D eigenvalue weighted by atomic mass is 16.5. The van der Waals surface area contributed by atoms with Crippen molar-refractivity contribution in [2.45, 2.75) is 32.1 Å². The molecule has 0 fully saturated rings. The number of nitrogens with two attached hydrogens (primary N) is 1. The van der Waals surface area contributed by atoms with E-state index in [1.807, 2.05) is 12.1 Å². The van der Waals surface area contributed by atoms with Crippen LogP contribution in [-0.2, 0) is 27.1 Å². The van der Waals surface area contributed by atoms with Crippen molar-refractivity contribution in [3.63, 3.8) is 0 Å². The van der Waals surface area contributed by atoms with Gasteiger partial charge in [0.2, 0.25) is 0 Å². The van der Waals surface area contributed by atoms with Crippen molar-refractivity contribution >= 4 is 11.9 Å². The maximum absolute atomic E-state index is 12.3. The van der Waals surface area contributed by atoms with Gasteiger partial charge in [-0.05, 0) is 61.9 Å². The molecule has 0 aromatic heterocycles. The summed E-state index contributed by atoms with van der Waals surface area (Å²) in [4.78, 5) is 23.9. The number of carbonyl (C=O) groups is 2. The first kappa shape index (κ1) is 16.5. The van der Waals surface area contributed by atoms with Crippen molar-refractivity contribution in [3.8, 4) is 0 Å². The van der Waals surface area contributed by atoms with E-state index in [0.29, 0.717) is 18.5 Å². The molecule has 1 aliphatic carbocycles. The van der Waals surface area contributed by atoms with E-state index in [1.54, 1.807) is 6.07 Å². The molecule has 5 heteroatoms. The molecule has 22 heavy (non-hydrogen) atoms. The largest absolute Gasteiger partial charge is 0.469 e. The van der Waals surface area contributed by atoms with Gasteiger partial charge in [-0.1, -0.05) is 6.07 Å². The molecule has 0 bridgehead atoms. The lowest BCUT2D eigenvalue weighted by Crippen LogP contribution is -2.38. The van der Waals surface area contributed by atoms with E-state index in [1.165, 1.54) is 14.2 Å². The summed E-state index contributed by atoms with van der Waals surface area (Å²) in [6.45, 7) is 0.562. The number of benzene rings is 1. The Morgan fingerprint density at radius 3 is 2.64 bits per heavy atom. The van der Waals surface area contributed by atoms with E-state index in [4.69, 9.17) is 15.2 Å². The van der Waals surface area contributed by atoms with Gasteiger partial charge < -0.3 is 15.2 Å². The molecule has 1 aliphatic rings. The van der Waals surface area contributed by atoms with E-state index in [-0.39, 0.29) is 11.9 Å². The van der Waals surface area contributed by atoms with Crippen LogP contribution in [0, 0.1) is 5.41 Å². The van der Waals surface area contributed by atoms with Crippen molar-refractivity contribution in [2.24, 2.45) is 11.1 Å². The molecule has 1 unspecified atom stereocenters. The predicted octanol–water partition coefficient (Wildman–Crippen LogP) is 1.86. The molecule has 0 spiro atoms. The molecule has 0 heterocycles. The Labute approximate surface area is 130 Å². The third-order valence-electron chi connectivity index (χ3n) is 4.51. The van der Waals surface area contributed by atoms with Gasteiger partial charge in [0.1, 0.15) is 0 Å². The molecule has 0 amide bonds. The number of carbonyl (C=O) groups excluding carboxylic acids is 2. The number of ether oxygens (including phenoxy) is 2. The van der Waals surface area contributed by atoms with Crippen LogP contribution < -0.4 is 5.73 Å². The summed E-state index contributed by atoms with van der Waals surface area (Å²) in [5, 5.41) is 0. The molecule has 5 nitrogen and oxygen atoms in total. The van der Waals surface area contributed by atoms with Gasteiger partial charge in [0, 0.05) is 0 Å². The molecule has 2 rings (SSSR count). The van der Waals surface area contributed by atoms with Crippen LogP contribution in [-0.4, -0.2) is 32.7 Å². The molecular weight excluding hydrogens is 282 g/mol. The zero-order chi connectivity index (χ0) is 16.2. The quantitative estimate of drug-likeness (QED) is 0.840. The molecule has 0 radical (unpaired) electrons. The fraction of sp³-hybridized carbons (Fsp3) is 0.529. The van der Waals surface area contributed by atoms with Gasteiger partial charge in [-0.15, -0.1) is 0 Å². The highest BCUT2D eigenvalue weighted by molar-refractivity contribution is 5.89. The van der Waals surface area contributed by atoms with Gasteiger partial charge in [0.05, 0.1) is 25.2 Å². The summed E-state index contributed by atoms with van der Waals surface area (Å²) in [7, 11) is 2.80. The average molecular weight is 305 g/mol. The number of esters is 2. The van der Waals surface area contributed by atoms with Crippen molar-refractivity contribution in [1.29, 1.82) is 0 Å². The second kappa shape index (κ2) is 6.92. The van der Waals surface area contributed by atoms with Crippen molar-refractivity contribution in [1.82, 2.24) is 0 Å². The number of rotatable bonds is 5. The van der Waals surface area contributed by atoms with E-state index < -0.39 is 5.41 Å². The van der Waals surface area contributed by atoms with Gasteiger partial charge in [-0.3, -0.25) is 4.79 Å². The minimum atomic E-state index is -0.492. The smallest absolute Gasteiger partial charge is 0.337 e. The zero-order valence-corrected chi connectivity index (χ0v) is 13.2. The van der Waals surface area contributed by atoms with E-state index in [2.05, 4.69) is 0 Å². The number of methoxy groups -OCH3 is 2. The van der Waals surface area contributed by atoms with Crippen LogP contribution in [0.3, 0.4) is 0 Å². The number of hydrogen-bond acceptors (Lipinski definition) is 5. The molecule has 0 saturated heterocycles. The zero-order valence-electron chi connectivity index (χ0n) is 13.2. The van der Waals surface area contributed by atoms with Gasteiger partial charge >= 0.3 is 11.9 Å². The summed E-state index contributed by atoms with van der Waals surface area (Å²) >= 11 is 0. The van der Waals surface area contributed by atoms with Gasteiger partial charge in [0.15, 0.2) is 0 Å². The second-order valence-corrected chi connectivity index (χ2v) is 5.82. The Hall–Kier alpha value is -1.88.